The van der Waals surface area contributed by atoms with Crippen molar-refractivity contribution in [3.63, 3.8) is 0 Å². The van der Waals surface area contributed by atoms with Gasteiger partial charge in [-0.15, -0.1) is 10.2 Å². The highest BCUT2D eigenvalue weighted by molar-refractivity contribution is 7.08. The molecule has 0 amide bonds. The lowest BCUT2D eigenvalue weighted by Gasteiger charge is -2.12. The number of aromatic nitrogens is 3. The van der Waals surface area contributed by atoms with Gasteiger partial charge >= 0.3 is 0 Å². The maximum atomic E-state index is 5.62. The third-order valence-corrected chi connectivity index (χ3v) is 5.15. The summed E-state index contributed by atoms with van der Waals surface area (Å²) >= 11 is 3.30. The first-order valence-electron chi connectivity index (χ1n) is 7.55. The summed E-state index contributed by atoms with van der Waals surface area (Å²) in [5.74, 6) is 0.556. The van der Waals surface area contributed by atoms with Crippen LogP contribution in [0.1, 0.15) is 12.8 Å². The predicted molar refractivity (Wildman–Crippen MR) is 93.9 cm³/mol. The first kappa shape index (κ1) is 14.7. The third-order valence-electron chi connectivity index (χ3n) is 3.79. The normalized spacial score (nSPS) is 17.5. The maximum absolute atomic E-state index is 5.62. The molecule has 0 saturated carbocycles. The van der Waals surface area contributed by atoms with E-state index in [1.807, 2.05) is 16.8 Å². The van der Waals surface area contributed by atoms with E-state index < -0.39 is 0 Å². The van der Waals surface area contributed by atoms with Crippen molar-refractivity contribution in [1.82, 2.24) is 15.2 Å². The van der Waals surface area contributed by atoms with Crippen LogP contribution in [0.4, 0.5) is 5.95 Å². The quantitative estimate of drug-likeness (QED) is 0.760. The molecular weight excluding hydrogens is 328 g/mol. The van der Waals surface area contributed by atoms with Crippen LogP contribution in [0.15, 0.2) is 33.7 Å². The molecule has 23 heavy (non-hydrogen) atoms. The fraction of sp³-hybridized carbons (Fsp3) is 0.312. The van der Waals surface area contributed by atoms with Crippen molar-refractivity contribution < 1.29 is 4.74 Å². The van der Waals surface area contributed by atoms with Gasteiger partial charge in [-0.05, 0) is 35.7 Å². The highest BCUT2D eigenvalue weighted by atomic mass is 32.1. The molecule has 1 aliphatic rings. The zero-order valence-electron chi connectivity index (χ0n) is 12.4. The molecule has 7 heteroatoms. The van der Waals surface area contributed by atoms with Crippen LogP contribution in [-0.2, 0) is 4.74 Å². The third kappa shape index (κ3) is 3.26. The smallest absolute Gasteiger partial charge is 0.243 e. The highest BCUT2D eigenvalue weighted by Gasteiger charge is 2.17. The molecular formula is C16H16N4OS2. The van der Waals surface area contributed by atoms with Gasteiger partial charge in [-0.3, -0.25) is 0 Å². The Kier molecular flexibility index (Phi) is 4.32. The highest BCUT2D eigenvalue weighted by Crippen LogP contribution is 2.31. The Bertz CT molecular complexity index is 753. The van der Waals surface area contributed by atoms with E-state index in [2.05, 4.69) is 32.3 Å². The lowest BCUT2D eigenvalue weighted by molar-refractivity contribution is 0.120. The van der Waals surface area contributed by atoms with Crippen LogP contribution in [0.2, 0.25) is 0 Å². The number of hydrogen-bond donors (Lipinski definition) is 1. The number of thiophene rings is 2. The fourth-order valence-corrected chi connectivity index (χ4v) is 3.89. The summed E-state index contributed by atoms with van der Waals surface area (Å²) in [5, 5.41) is 20.2. The first-order chi connectivity index (χ1) is 11.4. The maximum Gasteiger partial charge on any atom is 0.243 e. The molecule has 0 bridgehead atoms. The molecule has 118 valence electrons. The van der Waals surface area contributed by atoms with Crippen LogP contribution < -0.4 is 5.32 Å². The van der Waals surface area contributed by atoms with E-state index >= 15 is 0 Å². The monoisotopic (exact) mass is 344 g/mol. The molecule has 3 aromatic heterocycles. The number of hydrogen-bond acceptors (Lipinski definition) is 7. The molecule has 5 nitrogen and oxygen atoms in total. The molecule has 1 atom stereocenters. The van der Waals surface area contributed by atoms with Crippen molar-refractivity contribution in [3.05, 3.63) is 33.7 Å². The zero-order chi connectivity index (χ0) is 15.5. The van der Waals surface area contributed by atoms with Gasteiger partial charge in [0.2, 0.25) is 5.95 Å². The standard InChI is InChI=1S/C16H16N4OS2/c1-2-13(21-5-1)8-17-16-18-14(11-3-6-22-9-11)15(19-20-16)12-4-7-23-10-12/h3-4,6-7,9-10,13H,1-2,5,8H2,(H,17,18,20)/t13-/m1/s1. The van der Waals surface area contributed by atoms with Gasteiger partial charge in [0.15, 0.2) is 0 Å². The van der Waals surface area contributed by atoms with Crippen LogP contribution in [0.25, 0.3) is 22.5 Å². The molecule has 3 aromatic rings. The molecule has 1 fully saturated rings. The Morgan fingerprint density at radius 3 is 2.52 bits per heavy atom. The van der Waals surface area contributed by atoms with E-state index in [0.717, 1.165) is 48.5 Å². The van der Waals surface area contributed by atoms with Gasteiger partial charge in [0.25, 0.3) is 0 Å². The van der Waals surface area contributed by atoms with Gasteiger partial charge in [0.05, 0.1) is 6.10 Å². The Balaban J connectivity index is 1.63. The van der Waals surface area contributed by atoms with Crippen molar-refractivity contribution in [2.75, 3.05) is 18.5 Å². The van der Waals surface area contributed by atoms with Crippen molar-refractivity contribution in [2.45, 2.75) is 18.9 Å². The summed E-state index contributed by atoms with van der Waals surface area (Å²) in [7, 11) is 0. The second-order valence-corrected chi connectivity index (χ2v) is 6.93. The lowest BCUT2D eigenvalue weighted by atomic mass is 10.1. The Morgan fingerprint density at radius 1 is 1.09 bits per heavy atom. The summed E-state index contributed by atoms with van der Waals surface area (Å²) < 4.78 is 5.62. The van der Waals surface area contributed by atoms with Crippen LogP contribution in [0.5, 0.6) is 0 Å². The molecule has 0 unspecified atom stereocenters. The van der Waals surface area contributed by atoms with Gasteiger partial charge < -0.3 is 10.1 Å². The number of ether oxygens (including phenoxy) is 1. The van der Waals surface area contributed by atoms with E-state index in [-0.39, 0.29) is 6.10 Å². The van der Waals surface area contributed by atoms with E-state index in [0.29, 0.717) is 5.95 Å². The molecule has 0 radical (unpaired) electrons. The minimum atomic E-state index is 0.250. The molecule has 1 aliphatic heterocycles. The topological polar surface area (TPSA) is 59.9 Å². The van der Waals surface area contributed by atoms with E-state index in [4.69, 9.17) is 9.72 Å². The average molecular weight is 344 g/mol. The predicted octanol–water partition coefficient (Wildman–Crippen LogP) is 3.92. The van der Waals surface area contributed by atoms with Gasteiger partial charge in [0.1, 0.15) is 11.4 Å². The summed E-state index contributed by atoms with van der Waals surface area (Å²) in [6, 6.07) is 4.11. The Morgan fingerprint density at radius 2 is 1.87 bits per heavy atom. The largest absolute Gasteiger partial charge is 0.376 e. The zero-order valence-corrected chi connectivity index (χ0v) is 14.1. The molecule has 1 saturated heterocycles. The second kappa shape index (κ2) is 6.74. The van der Waals surface area contributed by atoms with Crippen molar-refractivity contribution >= 4 is 28.6 Å². The van der Waals surface area contributed by atoms with Crippen molar-refractivity contribution in [1.29, 1.82) is 0 Å². The fourth-order valence-electron chi connectivity index (χ4n) is 2.61. The molecule has 1 N–H and O–H groups in total. The van der Waals surface area contributed by atoms with Crippen LogP contribution in [0, 0.1) is 0 Å². The summed E-state index contributed by atoms with van der Waals surface area (Å²) in [6.45, 7) is 1.57. The molecule has 4 rings (SSSR count). The molecule has 4 heterocycles. The van der Waals surface area contributed by atoms with Gasteiger partial charge in [-0.25, -0.2) is 4.98 Å². The van der Waals surface area contributed by atoms with Gasteiger partial charge in [-0.2, -0.15) is 22.7 Å². The van der Waals surface area contributed by atoms with Crippen LogP contribution in [0.3, 0.4) is 0 Å². The summed E-state index contributed by atoms with van der Waals surface area (Å²) in [4.78, 5) is 4.70. The minimum absolute atomic E-state index is 0.250. The van der Waals surface area contributed by atoms with Crippen LogP contribution in [-0.4, -0.2) is 34.4 Å². The van der Waals surface area contributed by atoms with Crippen molar-refractivity contribution in [2.24, 2.45) is 0 Å². The number of rotatable bonds is 5. The minimum Gasteiger partial charge on any atom is -0.376 e. The Hall–Kier alpha value is -1.83. The van der Waals surface area contributed by atoms with Crippen LogP contribution >= 0.6 is 22.7 Å². The van der Waals surface area contributed by atoms with E-state index in [1.54, 1.807) is 22.7 Å². The SMILES string of the molecule is c1cc(-c2nnc(NC[C@H]3CCCO3)nc2-c2ccsc2)cs1. The summed E-state index contributed by atoms with van der Waals surface area (Å²) in [5.41, 5.74) is 3.83. The first-order valence-corrected chi connectivity index (χ1v) is 9.44. The van der Waals surface area contributed by atoms with Gasteiger partial charge in [0, 0.05) is 35.0 Å². The lowest BCUT2D eigenvalue weighted by Crippen LogP contribution is -2.20. The molecule has 0 aliphatic carbocycles. The number of nitrogens with one attached hydrogen (secondary N) is 1. The average Bonchev–Trinajstić information content (AvgIpc) is 3.36. The van der Waals surface area contributed by atoms with Crippen molar-refractivity contribution in [3.8, 4) is 22.5 Å². The molecule has 0 spiro atoms. The Labute approximate surface area is 142 Å². The number of anilines is 1. The summed E-state index contributed by atoms with van der Waals surface area (Å²) in [6.07, 6.45) is 2.47. The van der Waals surface area contributed by atoms with E-state index in [1.165, 1.54) is 0 Å². The van der Waals surface area contributed by atoms with E-state index in [9.17, 15) is 0 Å². The van der Waals surface area contributed by atoms with Gasteiger partial charge in [-0.1, -0.05) is 0 Å². The number of nitrogens with zero attached hydrogens (tertiary/aromatic N) is 3. The molecule has 0 aromatic carbocycles. The second-order valence-electron chi connectivity index (χ2n) is 5.37.